The van der Waals surface area contributed by atoms with Gasteiger partial charge in [-0.05, 0) is 13.8 Å². The molecule has 122 valence electrons. The van der Waals surface area contributed by atoms with Gasteiger partial charge in [0.2, 0.25) is 0 Å². The van der Waals surface area contributed by atoms with E-state index in [9.17, 15) is 9.59 Å². The van der Waals surface area contributed by atoms with Gasteiger partial charge in [-0.2, -0.15) is 0 Å². The van der Waals surface area contributed by atoms with E-state index in [1.807, 2.05) is 0 Å². The van der Waals surface area contributed by atoms with Crippen LogP contribution < -0.4 is 22.9 Å². The molecule has 0 saturated carbocycles. The number of ether oxygens (including phenoxy) is 2. The molecule has 1 rings (SSSR count). The molecule has 0 unspecified atom stereocenters. The smallest absolute Gasteiger partial charge is 0.345 e. The van der Waals surface area contributed by atoms with Crippen molar-refractivity contribution < 1.29 is 19.1 Å². The molecule has 22 heavy (non-hydrogen) atoms. The van der Waals surface area contributed by atoms with Gasteiger partial charge in [0, 0.05) is 11.1 Å². The van der Waals surface area contributed by atoms with Crippen LogP contribution in [0.1, 0.15) is 25.0 Å². The molecule has 0 saturated heterocycles. The second-order valence-corrected chi connectivity index (χ2v) is 4.72. The zero-order chi connectivity index (χ0) is 17.0. The number of rotatable bonds is 6. The van der Waals surface area contributed by atoms with Crippen LogP contribution in [0.5, 0.6) is 0 Å². The summed E-state index contributed by atoms with van der Waals surface area (Å²) in [4.78, 5) is 23.9. The number of hydrogen-bond acceptors (Lipinski definition) is 8. The van der Waals surface area contributed by atoms with Crippen molar-refractivity contribution in [2.75, 3.05) is 13.2 Å². The van der Waals surface area contributed by atoms with E-state index in [0.29, 0.717) is 0 Å². The first-order valence-corrected chi connectivity index (χ1v) is 6.79. The Labute approximate surface area is 128 Å². The third-order valence-electron chi connectivity index (χ3n) is 3.04. The molecule has 8 heteroatoms. The van der Waals surface area contributed by atoms with Crippen molar-refractivity contribution in [3.63, 3.8) is 0 Å². The summed E-state index contributed by atoms with van der Waals surface area (Å²) in [6.45, 7) is 3.44. The zero-order valence-corrected chi connectivity index (χ0v) is 12.7. The van der Waals surface area contributed by atoms with Crippen molar-refractivity contribution in [2.45, 2.75) is 25.2 Å². The lowest BCUT2D eigenvalue weighted by Crippen LogP contribution is -2.59. The van der Waals surface area contributed by atoms with E-state index >= 15 is 0 Å². The fraction of sp³-hybridized carbons (Fsp3) is 0.429. The van der Waals surface area contributed by atoms with Crippen molar-refractivity contribution in [1.29, 1.82) is 0 Å². The van der Waals surface area contributed by atoms with Crippen molar-refractivity contribution in [3.8, 4) is 0 Å². The van der Waals surface area contributed by atoms with Crippen LogP contribution >= 0.6 is 0 Å². The van der Waals surface area contributed by atoms with Gasteiger partial charge in [-0.3, -0.25) is 0 Å². The minimum absolute atomic E-state index is 0.0894. The summed E-state index contributed by atoms with van der Waals surface area (Å²) in [5.74, 6) is -1.72. The van der Waals surface area contributed by atoms with Gasteiger partial charge in [0.05, 0.1) is 13.2 Å². The lowest BCUT2D eigenvalue weighted by atomic mass is 9.88. The molecule has 8 nitrogen and oxygen atoms in total. The van der Waals surface area contributed by atoms with Crippen LogP contribution in [-0.2, 0) is 30.4 Å². The lowest BCUT2D eigenvalue weighted by Gasteiger charge is -2.30. The normalized spacial score (nSPS) is 11.9. The molecule has 0 heterocycles. The molecule has 0 aromatic heterocycles. The van der Waals surface area contributed by atoms with E-state index in [1.54, 1.807) is 26.0 Å². The average Bonchev–Trinajstić information content (AvgIpc) is 2.47. The molecule has 0 aliphatic rings. The van der Waals surface area contributed by atoms with Crippen molar-refractivity contribution >= 4 is 11.9 Å². The van der Waals surface area contributed by atoms with Gasteiger partial charge in [0.25, 0.3) is 0 Å². The summed E-state index contributed by atoms with van der Waals surface area (Å²) in [6.07, 6.45) is 0. The largest absolute Gasteiger partial charge is 0.463 e. The van der Waals surface area contributed by atoms with Crippen molar-refractivity contribution in [1.82, 2.24) is 0 Å². The summed E-state index contributed by atoms with van der Waals surface area (Å²) in [5.41, 5.74) is 19.7. The first kappa shape index (κ1) is 18.1. The van der Waals surface area contributed by atoms with Gasteiger partial charge in [0.1, 0.15) is 0 Å². The minimum atomic E-state index is -2.00. The summed E-state index contributed by atoms with van der Waals surface area (Å²) < 4.78 is 9.70. The molecule has 0 aliphatic carbocycles. The molecule has 0 fully saturated rings. The van der Waals surface area contributed by atoms with E-state index in [1.165, 1.54) is 12.1 Å². The van der Waals surface area contributed by atoms with Gasteiger partial charge < -0.3 is 32.4 Å². The average molecular weight is 310 g/mol. The Hall–Kier alpha value is -2.00. The second kappa shape index (κ2) is 6.84. The lowest BCUT2D eigenvalue weighted by molar-refractivity contribution is -0.151. The Balaban J connectivity index is 3.36. The number of carbonyl (C=O) groups excluding carboxylic acids is 2. The number of carbonyl (C=O) groups is 2. The van der Waals surface area contributed by atoms with Crippen LogP contribution in [0.2, 0.25) is 0 Å². The van der Waals surface area contributed by atoms with E-state index in [-0.39, 0.29) is 24.3 Å². The number of nitrogens with two attached hydrogens (primary N) is 4. The maximum Gasteiger partial charge on any atom is 0.345 e. The molecule has 0 amide bonds. The molecule has 1 aromatic carbocycles. The van der Waals surface area contributed by atoms with Gasteiger partial charge in [-0.1, -0.05) is 24.3 Å². The molecular formula is C14H22N4O4. The molecule has 0 atom stereocenters. The van der Waals surface area contributed by atoms with Crippen LogP contribution in [0.25, 0.3) is 0 Å². The molecule has 0 radical (unpaired) electrons. The van der Waals surface area contributed by atoms with E-state index in [4.69, 9.17) is 32.4 Å². The van der Waals surface area contributed by atoms with Gasteiger partial charge in [-0.25, -0.2) is 9.59 Å². The highest BCUT2D eigenvalue weighted by atomic mass is 16.5. The molecule has 1 aromatic rings. The number of hydrogen-bond donors (Lipinski definition) is 4. The Bertz CT molecular complexity index is 509. The quantitative estimate of drug-likeness (QED) is 0.383. The topological polar surface area (TPSA) is 157 Å². The summed E-state index contributed by atoms with van der Waals surface area (Å²) in [7, 11) is 0. The predicted octanol–water partition coefficient (Wildman–Crippen LogP) is -1.05. The van der Waals surface area contributed by atoms with Crippen molar-refractivity contribution in [3.05, 3.63) is 35.4 Å². The number of benzene rings is 1. The Morgan fingerprint density at radius 3 is 1.45 bits per heavy atom. The highest BCUT2D eigenvalue weighted by Gasteiger charge is 2.42. The zero-order valence-electron chi connectivity index (χ0n) is 12.7. The van der Waals surface area contributed by atoms with E-state index in [2.05, 4.69) is 0 Å². The summed E-state index contributed by atoms with van der Waals surface area (Å²) >= 11 is 0. The Kier molecular flexibility index (Phi) is 5.61. The summed E-state index contributed by atoms with van der Waals surface area (Å²) in [6, 6.07) is 6.10. The van der Waals surface area contributed by atoms with Gasteiger partial charge in [-0.15, -0.1) is 0 Å². The Morgan fingerprint density at radius 2 is 1.18 bits per heavy atom. The predicted molar refractivity (Wildman–Crippen MR) is 79.8 cm³/mol. The fourth-order valence-electron chi connectivity index (χ4n) is 1.93. The number of esters is 2. The molecule has 0 spiro atoms. The molecule has 8 N–H and O–H groups in total. The standard InChI is InChI=1S/C14H22N4O4/c1-3-21-11(19)13(15,16)9-7-5-6-8-10(9)14(17,18)12(20)22-4-2/h5-8H,3-4,15-18H2,1-2H3. The van der Waals surface area contributed by atoms with E-state index in [0.717, 1.165) is 0 Å². The van der Waals surface area contributed by atoms with Crippen LogP contribution in [0.15, 0.2) is 24.3 Å². The maximum atomic E-state index is 12.0. The summed E-state index contributed by atoms with van der Waals surface area (Å²) in [5, 5.41) is 0. The first-order valence-electron chi connectivity index (χ1n) is 6.79. The van der Waals surface area contributed by atoms with Gasteiger partial charge >= 0.3 is 11.9 Å². The van der Waals surface area contributed by atoms with Crippen molar-refractivity contribution in [2.24, 2.45) is 22.9 Å². The molecular weight excluding hydrogens is 288 g/mol. The van der Waals surface area contributed by atoms with Crippen LogP contribution in [0.3, 0.4) is 0 Å². The monoisotopic (exact) mass is 310 g/mol. The minimum Gasteiger partial charge on any atom is -0.463 e. The molecule has 0 aliphatic heterocycles. The van der Waals surface area contributed by atoms with E-state index < -0.39 is 23.3 Å². The van der Waals surface area contributed by atoms with Crippen LogP contribution in [0, 0.1) is 0 Å². The van der Waals surface area contributed by atoms with Crippen LogP contribution in [0.4, 0.5) is 0 Å². The SMILES string of the molecule is CCOC(=O)C(N)(N)c1ccccc1C(N)(N)C(=O)OCC. The molecule has 0 bridgehead atoms. The third-order valence-corrected chi connectivity index (χ3v) is 3.04. The second-order valence-electron chi connectivity index (χ2n) is 4.72. The highest BCUT2D eigenvalue weighted by molar-refractivity contribution is 5.86. The highest BCUT2D eigenvalue weighted by Crippen LogP contribution is 2.25. The van der Waals surface area contributed by atoms with Crippen LogP contribution in [-0.4, -0.2) is 25.2 Å². The fourth-order valence-corrected chi connectivity index (χ4v) is 1.93. The Morgan fingerprint density at radius 1 is 0.864 bits per heavy atom. The first-order chi connectivity index (χ1) is 10.2. The maximum absolute atomic E-state index is 12.0. The van der Waals surface area contributed by atoms with Gasteiger partial charge in [0.15, 0.2) is 11.3 Å². The third kappa shape index (κ3) is 3.42.